The number of hydrogen-bond donors (Lipinski definition) is 0. The summed E-state index contributed by atoms with van der Waals surface area (Å²) >= 11 is 0. The normalized spacial score (nSPS) is 17.2. The maximum atomic E-state index is 12.7. The molecule has 1 aliphatic heterocycles. The molecule has 25 heavy (non-hydrogen) atoms. The Bertz CT molecular complexity index is 820. The van der Waals surface area contributed by atoms with Gasteiger partial charge in [-0.15, -0.1) is 0 Å². The molecule has 8 nitrogen and oxygen atoms in total. The quantitative estimate of drug-likeness (QED) is 0.818. The van der Waals surface area contributed by atoms with Crippen LogP contribution in [-0.2, 0) is 7.05 Å². The summed E-state index contributed by atoms with van der Waals surface area (Å²) in [5.41, 5.74) is -0.120. The number of hydrogen-bond acceptors (Lipinski definition) is 6. The Morgan fingerprint density at radius 2 is 2.20 bits per heavy atom. The van der Waals surface area contributed by atoms with Crippen molar-refractivity contribution in [3.63, 3.8) is 0 Å². The average Bonchev–Trinajstić information content (AvgIpc) is 2.64. The molecule has 1 amide bonds. The molecule has 1 atom stereocenters. The number of pyridine rings is 1. The number of likely N-dealkylation sites (tertiary alicyclic amines) is 1. The molecule has 2 aromatic heterocycles. The number of methoxy groups -OCH3 is 1. The summed E-state index contributed by atoms with van der Waals surface area (Å²) in [7, 11) is 3.12. The molecule has 1 fully saturated rings. The lowest BCUT2D eigenvalue weighted by atomic mass is 10.1. The summed E-state index contributed by atoms with van der Waals surface area (Å²) in [5.74, 6) is 0.136. The maximum Gasteiger partial charge on any atom is 0.319 e. The van der Waals surface area contributed by atoms with Gasteiger partial charge in [0, 0.05) is 32.1 Å². The minimum atomic E-state index is -0.295. The standard InChI is InChI=1S/C17H20N4O4/c1-20-9-4-6-13(15(20)22)16(23)21-10-3-5-12(11-21)25-14-7-8-18-17(19-14)24-2/h4,6-9,12H,3,5,10-11H2,1-2H3. The fraction of sp³-hybridized carbons (Fsp3) is 0.412. The van der Waals surface area contributed by atoms with Crippen LogP contribution in [-0.4, -0.2) is 51.6 Å². The fourth-order valence-electron chi connectivity index (χ4n) is 2.81. The van der Waals surface area contributed by atoms with Crippen LogP contribution in [0.15, 0.2) is 35.4 Å². The topological polar surface area (TPSA) is 86.5 Å². The van der Waals surface area contributed by atoms with Crippen molar-refractivity contribution in [3.8, 4) is 11.9 Å². The molecule has 0 aliphatic carbocycles. The molecule has 0 spiro atoms. The van der Waals surface area contributed by atoms with E-state index in [2.05, 4.69) is 9.97 Å². The number of ether oxygens (including phenoxy) is 2. The van der Waals surface area contributed by atoms with Gasteiger partial charge in [-0.05, 0) is 25.0 Å². The van der Waals surface area contributed by atoms with Crippen molar-refractivity contribution in [1.29, 1.82) is 0 Å². The largest absolute Gasteiger partial charge is 0.472 e. The summed E-state index contributed by atoms with van der Waals surface area (Å²) < 4.78 is 12.2. The third-order valence-corrected chi connectivity index (χ3v) is 4.10. The lowest BCUT2D eigenvalue weighted by Gasteiger charge is -2.32. The van der Waals surface area contributed by atoms with Crippen LogP contribution in [0.5, 0.6) is 11.9 Å². The molecule has 0 aromatic carbocycles. The number of rotatable bonds is 4. The van der Waals surface area contributed by atoms with Crippen LogP contribution in [0.2, 0.25) is 0 Å². The molecule has 3 heterocycles. The first-order valence-electron chi connectivity index (χ1n) is 8.07. The van der Waals surface area contributed by atoms with Crippen LogP contribution in [0.1, 0.15) is 23.2 Å². The minimum absolute atomic E-state index is 0.175. The molecule has 3 rings (SSSR count). The monoisotopic (exact) mass is 344 g/mol. The number of piperidine rings is 1. The van der Waals surface area contributed by atoms with Gasteiger partial charge in [0.1, 0.15) is 11.7 Å². The van der Waals surface area contributed by atoms with E-state index in [0.29, 0.717) is 19.0 Å². The van der Waals surface area contributed by atoms with E-state index >= 15 is 0 Å². The van der Waals surface area contributed by atoms with E-state index in [-0.39, 0.29) is 29.1 Å². The van der Waals surface area contributed by atoms with Gasteiger partial charge >= 0.3 is 6.01 Å². The molecule has 0 saturated carbocycles. The molecule has 1 saturated heterocycles. The predicted octanol–water partition coefficient (Wildman–Crippen LogP) is 0.867. The number of aryl methyl sites for hydroxylation is 1. The molecule has 132 valence electrons. The van der Waals surface area contributed by atoms with Crippen molar-refractivity contribution in [2.45, 2.75) is 18.9 Å². The van der Waals surface area contributed by atoms with Gasteiger partial charge in [-0.1, -0.05) is 0 Å². The number of nitrogens with zero attached hydrogens (tertiary/aromatic N) is 4. The van der Waals surface area contributed by atoms with Gasteiger partial charge in [0.15, 0.2) is 0 Å². The molecule has 8 heteroatoms. The minimum Gasteiger partial charge on any atom is -0.472 e. The Hall–Kier alpha value is -2.90. The van der Waals surface area contributed by atoms with Gasteiger partial charge in [-0.25, -0.2) is 4.98 Å². The number of carbonyl (C=O) groups is 1. The highest BCUT2D eigenvalue weighted by Crippen LogP contribution is 2.19. The molecule has 2 aromatic rings. The van der Waals surface area contributed by atoms with E-state index in [4.69, 9.17) is 9.47 Å². The lowest BCUT2D eigenvalue weighted by Crippen LogP contribution is -2.46. The second-order valence-corrected chi connectivity index (χ2v) is 5.85. The van der Waals surface area contributed by atoms with Crippen LogP contribution < -0.4 is 15.0 Å². The average molecular weight is 344 g/mol. The second-order valence-electron chi connectivity index (χ2n) is 5.85. The lowest BCUT2D eigenvalue weighted by molar-refractivity contribution is 0.0523. The molecular formula is C17H20N4O4. The van der Waals surface area contributed by atoms with Gasteiger partial charge < -0.3 is 18.9 Å². The summed E-state index contributed by atoms with van der Waals surface area (Å²) in [4.78, 5) is 34.6. The molecular weight excluding hydrogens is 324 g/mol. The molecule has 0 bridgehead atoms. The Kier molecular flexibility index (Phi) is 4.97. The van der Waals surface area contributed by atoms with Crippen molar-refractivity contribution in [1.82, 2.24) is 19.4 Å². The van der Waals surface area contributed by atoms with E-state index in [9.17, 15) is 9.59 Å². The van der Waals surface area contributed by atoms with Crippen molar-refractivity contribution in [3.05, 3.63) is 46.5 Å². The van der Waals surface area contributed by atoms with Gasteiger partial charge in [-0.3, -0.25) is 9.59 Å². The van der Waals surface area contributed by atoms with E-state index in [1.54, 1.807) is 42.5 Å². The van der Waals surface area contributed by atoms with E-state index in [0.717, 1.165) is 12.8 Å². The zero-order valence-corrected chi connectivity index (χ0v) is 14.2. The van der Waals surface area contributed by atoms with E-state index < -0.39 is 0 Å². The predicted molar refractivity (Wildman–Crippen MR) is 89.8 cm³/mol. The van der Waals surface area contributed by atoms with Crippen LogP contribution in [0.4, 0.5) is 0 Å². The third kappa shape index (κ3) is 3.78. The third-order valence-electron chi connectivity index (χ3n) is 4.10. The van der Waals surface area contributed by atoms with Gasteiger partial charge in [0.05, 0.1) is 13.7 Å². The van der Waals surface area contributed by atoms with Crippen LogP contribution >= 0.6 is 0 Å². The number of amides is 1. The smallest absolute Gasteiger partial charge is 0.319 e. The number of aromatic nitrogens is 3. The highest BCUT2D eigenvalue weighted by molar-refractivity contribution is 5.93. The summed E-state index contributed by atoms with van der Waals surface area (Å²) in [6.07, 6.45) is 4.60. The highest BCUT2D eigenvalue weighted by Gasteiger charge is 2.27. The van der Waals surface area contributed by atoms with Crippen molar-refractivity contribution < 1.29 is 14.3 Å². The van der Waals surface area contributed by atoms with Crippen molar-refractivity contribution in [2.75, 3.05) is 20.2 Å². The molecule has 0 N–H and O–H groups in total. The van der Waals surface area contributed by atoms with Crippen molar-refractivity contribution in [2.24, 2.45) is 7.05 Å². The second kappa shape index (κ2) is 7.33. The fourth-order valence-corrected chi connectivity index (χ4v) is 2.81. The number of carbonyl (C=O) groups excluding carboxylic acids is 1. The molecule has 1 aliphatic rings. The Morgan fingerprint density at radius 3 is 3.00 bits per heavy atom. The Morgan fingerprint density at radius 1 is 1.36 bits per heavy atom. The van der Waals surface area contributed by atoms with Crippen LogP contribution in [0, 0.1) is 0 Å². The van der Waals surface area contributed by atoms with Gasteiger partial charge in [0.2, 0.25) is 5.88 Å². The highest BCUT2D eigenvalue weighted by atomic mass is 16.5. The van der Waals surface area contributed by atoms with E-state index in [1.165, 1.54) is 11.7 Å². The first-order valence-corrected chi connectivity index (χ1v) is 8.07. The van der Waals surface area contributed by atoms with Gasteiger partial charge in [-0.2, -0.15) is 4.98 Å². The van der Waals surface area contributed by atoms with Crippen LogP contribution in [0.25, 0.3) is 0 Å². The zero-order chi connectivity index (χ0) is 17.8. The maximum absolute atomic E-state index is 12.7. The Labute approximate surface area is 145 Å². The first kappa shape index (κ1) is 16.9. The van der Waals surface area contributed by atoms with Crippen molar-refractivity contribution >= 4 is 5.91 Å². The van der Waals surface area contributed by atoms with Crippen LogP contribution in [0.3, 0.4) is 0 Å². The summed E-state index contributed by atoms with van der Waals surface area (Å²) in [5, 5.41) is 0. The SMILES string of the molecule is COc1nccc(OC2CCCN(C(=O)c3cccn(C)c3=O)C2)n1. The molecule has 1 unspecified atom stereocenters. The summed E-state index contributed by atoms with van der Waals surface area (Å²) in [6, 6.07) is 5.13. The first-order chi connectivity index (χ1) is 12.1. The zero-order valence-electron chi connectivity index (χ0n) is 14.2. The van der Waals surface area contributed by atoms with E-state index in [1.807, 2.05) is 0 Å². The Balaban J connectivity index is 1.71. The molecule has 0 radical (unpaired) electrons. The van der Waals surface area contributed by atoms with Gasteiger partial charge in [0.25, 0.3) is 11.5 Å². The summed E-state index contributed by atoms with van der Waals surface area (Å²) in [6.45, 7) is 1.01.